The van der Waals surface area contributed by atoms with Crippen LogP contribution in [0.25, 0.3) is 0 Å². The highest BCUT2D eigenvalue weighted by Gasteiger charge is 2.23. The van der Waals surface area contributed by atoms with Gasteiger partial charge in [0, 0.05) is 25.8 Å². The van der Waals surface area contributed by atoms with Crippen molar-refractivity contribution in [3.05, 3.63) is 30.1 Å². The van der Waals surface area contributed by atoms with Crippen LogP contribution in [0.2, 0.25) is 0 Å². The van der Waals surface area contributed by atoms with Crippen LogP contribution in [0.1, 0.15) is 24.5 Å². The second-order valence-corrected chi connectivity index (χ2v) is 6.68. The van der Waals surface area contributed by atoms with E-state index in [0.717, 1.165) is 50.2 Å². The van der Waals surface area contributed by atoms with Crippen LogP contribution in [0, 0.1) is 0 Å². The highest BCUT2D eigenvalue weighted by molar-refractivity contribution is 7.80. The molecule has 0 aromatic carbocycles. The normalized spacial score (nSPS) is 21.2. The van der Waals surface area contributed by atoms with Gasteiger partial charge >= 0.3 is 0 Å². The number of aromatic nitrogens is 1. The van der Waals surface area contributed by atoms with Crippen molar-refractivity contribution in [3.8, 4) is 0 Å². The van der Waals surface area contributed by atoms with Crippen LogP contribution >= 0.6 is 12.2 Å². The maximum Gasteiger partial charge on any atom is 0.0868 e. The van der Waals surface area contributed by atoms with E-state index in [-0.39, 0.29) is 5.92 Å². The van der Waals surface area contributed by atoms with E-state index in [2.05, 4.69) is 26.2 Å². The fraction of sp³-hybridized carbons (Fsp3) is 0.647. The molecule has 0 saturated carbocycles. The van der Waals surface area contributed by atoms with Crippen molar-refractivity contribution >= 4 is 17.2 Å². The average Bonchev–Trinajstić information content (AvgIpc) is 3.13. The van der Waals surface area contributed by atoms with Crippen molar-refractivity contribution in [2.45, 2.75) is 18.8 Å². The van der Waals surface area contributed by atoms with Gasteiger partial charge in [-0.15, -0.1) is 0 Å². The fourth-order valence-electron chi connectivity index (χ4n) is 3.19. The second kappa shape index (κ2) is 8.68. The molecular weight excluding hydrogens is 308 g/mol. The standard InChI is InChI=1S/C17H26N4OS/c23-17(19-14-21-7-3-4-8-21)15(16-5-1-2-6-18-16)13-20-9-11-22-12-10-20/h1-2,5-6,15H,3-4,7-14H2,(H,19,23). The van der Waals surface area contributed by atoms with Gasteiger partial charge in [0.25, 0.3) is 0 Å². The number of pyridine rings is 1. The molecule has 3 heterocycles. The minimum Gasteiger partial charge on any atom is -0.379 e. The quantitative estimate of drug-likeness (QED) is 0.795. The number of morpholine rings is 1. The summed E-state index contributed by atoms with van der Waals surface area (Å²) in [5, 5.41) is 3.47. The number of hydrogen-bond donors (Lipinski definition) is 1. The molecule has 0 spiro atoms. The van der Waals surface area contributed by atoms with Crippen LogP contribution in [-0.4, -0.2) is 72.4 Å². The van der Waals surface area contributed by atoms with Crippen LogP contribution in [0.5, 0.6) is 0 Å². The van der Waals surface area contributed by atoms with Gasteiger partial charge in [-0.3, -0.25) is 14.8 Å². The number of nitrogens with zero attached hydrogens (tertiary/aromatic N) is 3. The molecule has 1 aromatic heterocycles. The van der Waals surface area contributed by atoms with E-state index in [0.29, 0.717) is 0 Å². The van der Waals surface area contributed by atoms with Crippen molar-refractivity contribution in [3.63, 3.8) is 0 Å². The van der Waals surface area contributed by atoms with E-state index in [1.165, 1.54) is 25.9 Å². The number of nitrogens with one attached hydrogen (secondary N) is 1. The van der Waals surface area contributed by atoms with E-state index in [4.69, 9.17) is 17.0 Å². The minimum absolute atomic E-state index is 0.145. The zero-order valence-corrected chi connectivity index (χ0v) is 14.4. The molecule has 0 aliphatic carbocycles. The molecule has 1 aromatic rings. The SMILES string of the molecule is S=C(NCN1CCCC1)C(CN1CCOCC1)c1ccccn1. The maximum atomic E-state index is 5.72. The van der Waals surface area contributed by atoms with Crippen molar-refractivity contribution in [2.24, 2.45) is 0 Å². The summed E-state index contributed by atoms with van der Waals surface area (Å²) in [5.74, 6) is 0.145. The first-order chi connectivity index (χ1) is 11.3. The van der Waals surface area contributed by atoms with Crippen LogP contribution in [-0.2, 0) is 4.74 Å². The van der Waals surface area contributed by atoms with Crippen LogP contribution in [0.3, 0.4) is 0 Å². The maximum absolute atomic E-state index is 5.72. The molecule has 6 heteroatoms. The van der Waals surface area contributed by atoms with Gasteiger partial charge < -0.3 is 10.1 Å². The Morgan fingerprint density at radius 2 is 1.96 bits per heavy atom. The summed E-state index contributed by atoms with van der Waals surface area (Å²) in [6, 6.07) is 6.07. The molecule has 2 saturated heterocycles. The predicted octanol–water partition coefficient (Wildman–Crippen LogP) is 1.47. The van der Waals surface area contributed by atoms with Gasteiger partial charge in [-0.05, 0) is 38.1 Å². The summed E-state index contributed by atoms with van der Waals surface area (Å²) in [6.45, 7) is 7.67. The van der Waals surface area contributed by atoms with Crippen molar-refractivity contribution < 1.29 is 4.74 Å². The summed E-state index contributed by atoms with van der Waals surface area (Å²) in [5.41, 5.74) is 1.05. The smallest absolute Gasteiger partial charge is 0.0868 e. The minimum atomic E-state index is 0.145. The Labute approximate surface area is 144 Å². The molecular formula is C17H26N4OS. The van der Waals surface area contributed by atoms with Crippen LogP contribution in [0.4, 0.5) is 0 Å². The molecule has 126 valence electrons. The summed E-state index contributed by atoms with van der Waals surface area (Å²) in [4.78, 5) is 10.3. The fourth-order valence-corrected chi connectivity index (χ4v) is 3.45. The van der Waals surface area contributed by atoms with E-state index in [1.54, 1.807) is 0 Å². The van der Waals surface area contributed by atoms with Crippen LogP contribution < -0.4 is 5.32 Å². The third kappa shape index (κ3) is 4.94. The lowest BCUT2D eigenvalue weighted by Gasteiger charge is -2.31. The average molecular weight is 334 g/mol. The summed E-state index contributed by atoms with van der Waals surface area (Å²) < 4.78 is 5.45. The van der Waals surface area contributed by atoms with E-state index in [9.17, 15) is 0 Å². The van der Waals surface area contributed by atoms with E-state index >= 15 is 0 Å². The lowest BCUT2D eigenvalue weighted by atomic mass is 10.0. The molecule has 0 radical (unpaired) electrons. The predicted molar refractivity (Wildman–Crippen MR) is 95.6 cm³/mol. The number of likely N-dealkylation sites (tertiary alicyclic amines) is 1. The van der Waals surface area contributed by atoms with Gasteiger partial charge in [-0.2, -0.15) is 0 Å². The monoisotopic (exact) mass is 334 g/mol. The first-order valence-electron chi connectivity index (χ1n) is 8.54. The lowest BCUT2D eigenvalue weighted by Crippen LogP contribution is -2.44. The highest BCUT2D eigenvalue weighted by Crippen LogP contribution is 2.17. The molecule has 0 amide bonds. The lowest BCUT2D eigenvalue weighted by molar-refractivity contribution is 0.0372. The topological polar surface area (TPSA) is 40.6 Å². The Balaban J connectivity index is 1.62. The number of ether oxygens (including phenoxy) is 1. The first kappa shape index (κ1) is 16.8. The molecule has 2 aliphatic heterocycles. The summed E-state index contributed by atoms with van der Waals surface area (Å²) >= 11 is 5.72. The van der Waals surface area contributed by atoms with E-state index < -0.39 is 0 Å². The molecule has 5 nitrogen and oxygen atoms in total. The molecule has 2 fully saturated rings. The van der Waals surface area contributed by atoms with Gasteiger partial charge in [0.1, 0.15) is 0 Å². The van der Waals surface area contributed by atoms with Crippen molar-refractivity contribution in [1.29, 1.82) is 0 Å². The third-order valence-electron chi connectivity index (χ3n) is 4.58. The Morgan fingerprint density at radius 3 is 2.65 bits per heavy atom. The Kier molecular flexibility index (Phi) is 6.33. The zero-order chi connectivity index (χ0) is 15.9. The molecule has 1 N–H and O–H groups in total. The summed E-state index contributed by atoms with van der Waals surface area (Å²) in [6.07, 6.45) is 4.45. The molecule has 1 unspecified atom stereocenters. The van der Waals surface area contributed by atoms with Crippen LogP contribution in [0.15, 0.2) is 24.4 Å². The van der Waals surface area contributed by atoms with Gasteiger partial charge in [-0.1, -0.05) is 18.3 Å². The number of rotatable bonds is 6. The Hall–Kier alpha value is -1.08. The molecule has 23 heavy (non-hydrogen) atoms. The third-order valence-corrected chi connectivity index (χ3v) is 5.01. The second-order valence-electron chi connectivity index (χ2n) is 6.24. The molecule has 2 aliphatic rings. The van der Waals surface area contributed by atoms with Crippen molar-refractivity contribution in [2.75, 3.05) is 52.6 Å². The van der Waals surface area contributed by atoms with Gasteiger partial charge in [0.2, 0.25) is 0 Å². The molecule has 1 atom stereocenters. The number of thiocarbonyl (C=S) groups is 1. The van der Waals surface area contributed by atoms with Gasteiger partial charge in [0.05, 0.1) is 36.5 Å². The Bertz CT molecular complexity index is 487. The van der Waals surface area contributed by atoms with Gasteiger partial charge in [0.15, 0.2) is 0 Å². The van der Waals surface area contributed by atoms with E-state index in [1.807, 2.05) is 18.3 Å². The zero-order valence-electron chi connectivity index (χ0n) is 13.6. The summed E-state index contributed by atoms with van der Waals surface area (Å²) in [7, 11) is 0. The first-order valence-corrected chi connectivity index (χ1v) is 8.95. The molecule has 3 rings (SSSR count). The highest BCUT2D eigenvalue weighted by atomic mass is 32.1. The Morgan fingerprint density at radius 1 is 1.17 bits per heavy atom. The van der Waals surface area contributed by atoms with Crippen molar-refractivity contribution in [1.82, 2.24) is 20.1 Å². The number of hydrogen-bond acceptors (Lipinski definition) is 5. The van der Waals surface area contributed by atoms with Gasteiger partial charge in [-0.25, -0.2) is 0 Å². The molecule has 0 bridgehead atoms. The largest absolute Gasteiger partial charge is 0.379 e.